The van der Waals surface area contributed by atoms with E-state index in [1.807, 2.05) is 6.07 Å². The summed E-state index contributed by atoms with van der Waals surface area (Å²) in [5, 5.41) is 12.0. The first-order valence-electron chi connectivity index (χ1n) is 5.99. The zero-order chi connectivity index (χ0) is 13.1. The maximum absolute atomic E-state index is 12.1. The Bertz CT molecular complexity index is 485. The van der Waals surface area contributed by atoms with E-state index in [4.69, 9.17) is 5.11 Å². The van der Waals surface area contributed by atoms with E-state index in [2.05, 4.69) is 5.32 Å². The van der Waals surface area contributed by atoms with Crippen molar-refractivity contribution in [2.24, 2.45) is 0 Å². The maximum atomic E-state index is 12.1. The number of aliphatic carboxylic acids is 1. The van der Waals surface area contributed by atoms with Gasteiger partial charge >= 0.3 is 5.97 Å². The van der Waals surface area contributed by atoms with Crippen molar-refractivity contribution in [2.75, 3.05) is 25.0 Å². The second-order valence-electron chi connectivity index (χ2n) is 4.26. The highest BCUT2D eigenvalue weighted by atomic mass is 16.4. The summed E-state index contributed by atoms with van der Waals surface area (Å²) in [6.07, 6.45) is 0.969. The fourth-order valence-electron chi connectivity index (χ4n) is 2.10. The molecule has 0 spiro atoms. The lowest BCUT2D eigenvalue weighted by Gasteiger charge is -2.18. The average molecular weight is 248 g/mol. The molecule has 0 saturated heterocycles. The average Bonchev–Trinajstić information content (AvgIpc) is 2.81. The van der Waals surface area contributed by atoms with Crippen LogP contribution in [0, 0.1) is 0 Å². The van der Waals surface area contributed by atoms with Crippen molar-refractivity contribution in [3.8, 4) is 0 Å². The molecule has 96 valence electrons. The Morgan fingerprint density at radius 3 is 2.89 bits per heavy atom. The van der Waals surface area contributed by atoms with Crippen molar-refractivity contribution in [3.63, 3.8) is 0 Å². The Morgan fingerprint density at radius 1 is 1.44 bits per heavy atom. The summed E-state index contributed by atoms with van der Waals surface area (Å²) in [5.41, 5.74) is 2.71. The fraction of sp³-hybridized carbons (Fsp3) is 0.385. The van der Waals surface area contributed by atoms with E-state index in [0.717, 1.165) is 18.7 Å². The minimum absolute atomic E-state index is 0.239. The predicted molar refractivity (Wildman–Crippen MR) is 67.8 cm³/mol. The number of carboxylic acid groups (broad SMARTS) is 1. The first-order valence-corrected chi connectivity index (χ1v) is 5.99. The molecule has 1 amide bonds. The lowest BCUT2D eigenvalue weighted by molar-refractivity contribution is -0.137. The number of amides is 1. The van der Waals surface area contributed by atoms with Crippen LogP contribution in [0.2, 0.25) is 0 Å². The number of anilines is 1. The van der Waals surface area contributed by atoms with E-state index in [-0.39, 0.29) is 12.5 Å². The lowest BCUT2D eigenvalue weighted by Crippen LogP contribution is -2.35. The summed E-state index contributed by atoms with van der Waals surface area (Å²) in [6, 6.07) is 5.49. The quantitative estimate of drug-likeness (QED) is 0.840. The van der Waals surface area contributed by atoms with E-state index in [1.54, 1.807) is 19.1 Å². The molecule has 1 aromatic carbocycles. The number of likely N-dealkylation sites (N-methyl/N-ethyl adjacent to an activating group) is 1. The topological polar surface area (TPSA) is 69.6 Å². The number of benzene rings is 1. The maximum Gasteiger partial charge on any atom is 0.323 e. The third kappa shape index (κ3) is 2.45. The highest BCUT2D eigenvalue weighted by Crippen LogP contribution is 2.23. The number of carbonyl (C=O) groups excluding carboxylic acids is 1. The van der Waals surface area contributed by atoms with Crippen LogP contribution in [-0.2, 0) is 11.2 Å². The Labute approximate surface area is 105 Å². The number of carbonyl (C=O) groups is 2. The van der Waals surface area contributed by atoms with Gasteiger partial charge in [0.05, 0.1) is 0 Å². The monoisotopic (exact) mass is 248 g/mol. The second kappa shape index (κ2) is 5.08. The van der Waals surface area contributed by atoms with Crippen LogP contribution < -0.4 is 5.32 Å². The first-order chi connectivity index (χ1) is 8.61. The van der Waals surface area contributed by atoms with Crippen molar-refractivity contribution in [3.05, 3.63) is 29.3 Å². The van der Waals surface area contributed by atoms with Gasteiger partial charge in [0.1, 0.15) is 6.54 Å². The molecule has 0 atom stereocenters. The van der Waals surface area contributed by atoms with Crippen LogP contribution in [0.5, 0.6) is 0 Å². The van der Waals surface area contributed by atoms with E-state index >= 15 is 0 Å². The standard InChI is InChI=1S/C13H16N2O3/c1-2-15(8-12(16)17)13(18)10-4-3-9-5-6-14-11(9)7-10/h3-4,7,14H,2,5-6,8H2,1H3,(H,16,17). The summed E-state index contributed by atoms with van der Waals surface area (Å²) in [5.74, 6) is -1.24. The van der Waals surface area contributed by atoms with Gasteiger partial charge in [0.15, 0.2) is 0 Å². The van der Waals surface area contributed by atoms with Crippen LogP contribution in [0.15, 0.2) is 18.2 Å². The minimum Gasteiger partial charge on any atom is -0.480 e. The molecule has 0 saturated carbocycles. The van der Waals surface area contributed by atoms with E-state index in [9.17, 15) is 9.59 Å². The lowest BCUT2D eigenvalue weighted by atomic mass is 10.1. The number of rotatable bonds is 4. The molecule has 1 heterocycles. The van der Waals surface area contributed by atoms with Gasteiger partial charge in [0.2, 0.25) is 0 Å². The molecular weight excluding hydrogens is 232 g/mol. The molecule has 2 N–H and O–H groups in total. The Morgan fingerprint density at radius 2 is 2.22 bits per heavy atom. The molecule has 0 unspecified atom stereocenters. The molecule has 1 aliphatic rings. The molecule has 2 rings (SSSR count). The highest BCUT2D eigenvalue weighted by Gasteiger charge is 2.19. The zero-order valence-electron chi connectivity index (χ0n) is 10.3. The Kier molecular flexibility index (Phi) is 3.50. The van der Waals surface area contributed by atoms with Crippen LogP contribution >= 0.6 is 0 Å². The van der Waals surface area contributed by atoms with E-state index in [1.165, 1.54) is 10.5 Å². The van der Waals surface area contributed by atoms with Gasteiger partial charge in [0.25, 0.3) is 5.91 Å². The molecule has 1 aliphatic heterocycles. The van der Waals surface area contributed by atoms with Crippen LogP contribution in [0.3, 0.4) is 0 Å². The largest absolute Gasteiger partial charge is 0.480 e. The van der Waals surface area contributed by atoms with Crippen molar-refractivity contribution in [2.45, 2.75) is 13.3 Å². The Balaban J connectivity index is 2.19. The molecule has 0 fully saturated rings. The van der Waals surface area contributed by atoms with Gasteiger partial charge < -0.3 is 15.3 Å². The summed E-state index contributed by atoms with van der Waals surface area (Å²) >= 11 is 0. The molecule has 5 nitrogen and oxygen atoms in total. The SMILES string of the molecule is CCN(CC(=O)O)C(=O)c1ccc2c(c1)NCC2. The van der Waals surface area contributed by atoms with Gasteiger partial charge in [-0.1, -0.05) is 6.07 Å². The second-order valence-corrected chi connectivity index (χ2v) is 4.26. The first kappa shape index (κ1) is 12.4. The Hall–Kier alpha value is -2.04. The number of hydrogen-bond acceptors (Lipinski definition) is 3. The van der Waals surface area contributed by atoms with Gasteiger partial charge in [-0.15, -0.1) is 0 Å². The molecule has 18 heavy (non-hydrogen) atoms. The van der Waals surface area contributed by atoms with Gasteiger partial charge in [0, 0.05) is 24.3 Å². The zero-order valence-corrected chi connectivity index (χ0v) is 10.3. The number of fused-ring (bicyclic) bond motifs is 1. The summed E-state index contributed by atoms with van der Waals surface area (Å²) in [7, 11) is 0. The molecule has 0 radical (unpaired) electrons. The number of hydrogen-bond donors (Lipinski definition) is 2. The molecule has 0 bridgehead atoms. The summed E-state index contributed by atoms with van der Waals surface area (Å²) in [4.78, 5) is 24.1. The van der Waals surface area contributed by atoms with E-state index < -0.39 is 5.97 Å². The van der Waals surface area contributed by atoms with Gasteiger partial charge in [-0.3, -0.25) is 9.59 Å². The number of nitrogens with one attached hydrogen (secondary N) is 1. The number of carboxylic acids is 1. The highest BCUT2D eigenvalue weighted by molar-refractivity contribution is 5.97. The van der Waals surface area contributed by atoms with Crippen molar-refractivity contribution < 1.29 is 14.7 Å². The van der Waals surface area contributed by atoms with Crippen molar-refractivity contribution in [1.82, 2.24) is 4.90 Å². The minimum atomic E-state index is -0.996. The third-order valence-corrected chi connectivity index (χ3v) is 3.06. The predicted octanol–water partition coefficient (Wildman–Crippen LogP) is 1.20. The molecule has 5 heteroatoms. The summed E-state index contributed by atoms with van der Waals surface area (Å²) in [6.45, 7) is 2.78. The molecular formula is C13H16N2O3. The molecule has 0 aromatic heterocycles. The van der Waals surface area contributed by atoms with Crippen LogP contribution in [0.25, 0.3) is 0 Å². The molecule has 1 aromatic rings. The van der Waals surface area contributed by atoms with Crippen LogP contribution in [0.4, 0.5) is 5.69 Å². The van der Waals surface area contributed by atoms with Crippen LogP contribution in [-0.4, -0.2) is 41.5 Å². The number of nitrogens with zero attached hydrogens (tertiary/aromatic N) is 1. The fourth-order valence-corrected chi connectivity index (χ4v) is 2.10. The third-order valence-electron chi connectivity index (χ3n) is 3.06. The normalized spacial score (nSPS) is 12.7. The molecule has 0 aliphatic carbocycles. The van der Waals surface area contributed by atoms with Crippen molar-refractivity contribution >= 4 is 17.6 Å². The van der Waals surface area contributed by atoms with Gasteiger partial charge in [-0.25, -0.2) is 0 Å². The van der Waals surface area contributed by atoms with Crippen LogP contribution in [0.1, 0.15) is 22.8 Å². The van der Waals surface area contributed by atoms with Gasteiger partial charge in [-0.05, 0) is 31.0 Å². The summed E-state index contributed by atoms with van der Waals surface area (Å²) < 4.78 is 0. The van der Waals surface area contributed by atoms with E-state index in [0.29, 0.717) is 12.1 Å². The van der Waals surface area contributed by atoms with Gasteiger partial charge in [-0.2, -0.15) is 0 Å². The smallest absolute Gasteiger partial charge is 0.323 e. The van der Waals surface area contributed by atoms with Crippen molar-refractivity contribution in [1.29, 1.82) is 0 Å².